The minimum absolute atomic E-state index is 0.106. The van der Waals surface area contributed by atoms with E-state index in [0.717, 1.165) is 5.56 Å². The summed E-state index contributed by atoms with van der Waals surface area (Å²) in [5, 5.41) is 3.11. The SMILES string of the molecule is COc1cccc(CC(=O)NCc2cc(Cl)ccc2F)c1. The lowest BCUT2D eigenvalue weighted by atomic mass is 10.1. The van der Waals surface area contributed by atoms with E-state index in [4.69, 9.17) is 16.3 Å². The highest BCUT2D eigenvalue weighted by Crippen LogP contribution is 2.15. The van der Waals surface area contributed by atoms with Crippen LogP contribution in [0.1, 0.15) is 11.1 Å². The summed E-state index contributed by atoms with van der Waals surface area (Å²) in [7, 11) is 1.57. The Morgan fingerprint density at radius 1 is 1.29 bits per heavy atom. The van der Waals surface area contributed by atoms with Crippen molar-refractivity contribution >= 4 is 17.5 Å². The lowest BCUT2D eigenvalue weighted by molar-refractivity contribution is -0.120. The van der Waals surface area contributed by atoms with E-state index < -0.39 is 0 Å². The van der Waals surface area contributed by atoms with Crippen LogP contribution in [-0.4, -0.2) is 13.0 Å². The number of rotatable bonds is 5. The summed E-state index contributed by atoms with van der Waals surface area (Å²) in [4.78, 5) is 11.9. The third-order valence-corrected chi connectivity index (χ3v) is 3.22. The normalized spacial score (nSPS) is 10.2. The molecule has 1 amide bonds. The zero-order valence-electron chi connectivity index (χ0n) is 11.5. The van der Waals surface area contributed by atoms with Crippen molar-refractivity contribution in [1.82, 2.24) is 5.32 Å². The maximum Gasteiger partial charge on any atom is 0.224 e. The van der Waals surface area contributed by atoms with Gasteiger partial charge in [-0.05, 0) is 35.9 Å². The Hall–Kier alpha value is -2.07. The van der Waals surface area contributed by atoms with Crippen LogP contribution in [0.25, 0.3) is 0 Å². The van der Waals surface area contributed by atoms with Crippen LogP contribution in [0.3, 0.4) is 0 Å². The molecule has 5 heteroatoms. The van der Waals surface area contributed by atoms with Crippen LogP contribution in [0, 0.1) is 5.82 Å². The number of ether oxygens (including phenoxy) is 1. The van der Waals surface area contributed by atoms with Gasteiger partial charge in [-0.1, -0.05) is 23.7 Å². The van der Waals surface area contributed by atoms with Gasteiger partial charge < -0.3 is 10.1 Å². The van der Waals surface area contributed by atoms with Gasteiger partial charge in [0.25, 0.3) is 0 Å². The molecule has 0 saturated carbocycles. The Morgan fingerprint density at radius 2 is 2.10 bits per heavy atom. The fraction of sp³-hybridized carbons (Fsp3) is 0.188. The molecule has 0 fully saturated rings. The molecule has 0 atom stereocenters. The number of hydrogen-bond donors (Lipinski definition) is 1. The molecule has 0 unspecified atom stereocenters. The molecular weight excluding hydrogens is 293 g/mol. The molecule has 0 aromatic heterocycles. The molecule has 0 bridgehead atoms. The van der Waals surface area contributed by atoms with Crippen molar-refractivity contribution in [2.45, 2.75) is 13.0 Å². The summed E-state index contributed by atoms with van der Waals surface area (Å²) in [5.41, 5.74) is 1.19. The van der Waals surface area contributed by atoms with Crippen LogP contribution in [0.4, 0.5) is 4.39 Å². The van der Waals surface area contributed by atoms with Gasteiger partial charge in [-0.25, -0.2) is 4.39 Å². The molecule has 1 N–H and O–H groups in total. The summed E-state index contributed by atoms with van der Waals surface area (Å²) in [6, 6.07) is 11.5. The lowest BCUT2D eigenvalue weighted by Crippen LogP contribution is -2.25. The van der Waals surface area contributed by atoms with E-state index in [0.29, 0.717) is 16.3 Å². The summed E-state index contributed by atoms with van der Waals surface area (Å²) in [5.74, 6) is 0.116. The number of nitrogens with one attached hydrogen (secondary N) is 1. The highest BCUT2D eigenvalue weighted by molar-refractivity contribution is 6.30. The molecule has 0 radical (unpaired) electrons. The quantitative estimate of drug-likeness (QED) is 0.920. The summed E-state index contributed by atoms with van der Waals surface area (Å²) in [6.45, 7) is 0.106. The Bertz CT molecular complexity index is 646. The van der Waals surface area contributed by atoms with Gasteiger partial charge >= 0.3 is 0 Å². The molecule has 2 aromatic rings. The van der Waals surface area contributed by atoms with Gasteiger partial charge in [-0.15, -0.1) is 0 Å². The van der Waals surface area contributed by atoms with Crippen molar-refractivity contribution in [2.24, 2.45) is 0 Å². The predicted molar refractivity (Wildman–Crippen MR) is 80.0 cm³/mol. The average molecular weight is 308 g/mol. The number of carbonyl (C=O) groups is 1. The van der Waals surface area contributed by atoms with E-state index >= 15 is 0 Å². The molecule has 0 heterocycles. The standard InChI is InChI=1S/C16H15ClFNO2/c1-21-14-4-2-3-11(7-14)8-16(20)19-10-12-9-13(17)5-6-15(12)18/h2-7,9H,8,10H2,1H3,(H,19,20). The zero-order chi connectivity index (χ0) is 15.2. The Morgan fingerprint density at radius 3 is 2.86 bits per heavy atom. The van der Waals surface area contributed by atoms with Crippen molar-refractivity contribution < 1.29 is 13.9 Å². The highest BCUT2D eigenvalue weighted by Gasteiger charge is 2.07. The predicted octanol–water partition coefficient (Wildman–Crippen LogP) is 3.35. The van der Waals surface area contributed by atoms with Crippen molar-refractivity contribution in [1.29, 1.82) is 0 Å². The van der Waals surface area contributed by atoms with Crippen LogP contribution in [0.2, 0.25) is 5.02 Å². The van der Waals surface area contributed by atoms with Gasteiger partial charge in [-0.2, -0.15) is 0 Å². The Balaban J connectivity index is 1.94. The van der Waals surface area contributed by atoms with E-state index in [1.165, 1.54) is 18.2 Å². The minimum Gasteiger partial charge on any atom is -0.497 e. The number of halogens is 2. The number of benzene rings is 2. The molecule has 21 heavy (non-hydrogen) atoms. The summed E-state index contributed by atoms with van der Waals surface area (Å²) < 4.78 is 18.6. The van der Waals surface area contributed by atoms with Crippen molar-refractivity contribution in [2.75, 3.05) is 7.11 Å². The van der Waals surface area contributed by atoms with E-state index in [1.54, 1.807) is 13.2 Å². The second-order valence-corrected chi connectivity index (χ2v) is 4.98. The van der Waals surface area contributed by atoms with E-state index in [9.17, 15) is 9.18 Å². The molecule has 0 spiro atoms. The fourth-order valence-corrected chi connectivity index (χ4v) is 2.10. The summed E-state index contributed by atoms with van der Waals surface area (Å²) in [6.07, 6.45) is 0.208. The summed E-state index contributed by atoms with van der Waals surface area (Å²) >= 11 is 5.80. The molecule has 0 saturated heterocycles. The van der Waals surface area contributed by atoms with E-state index in [1.807, 2.05) is 18.2 Å². The molecule has 0 aliphatic carbocycles. The van der Waals surface area contributed by atoms with Crippen LogP contribution in [0.15, 0.2) is 42.5 Å². The molecule has 0 aliphatic heterocycles. The first-order chi connectivity index (χ1) is 10.1. The number of amides is 1. The monoisotopic (exact) mass is 307 g/mol. The topological polar surface area (TPSA) is 38.3 Å². The van der Waals surface area contributed by atoms with Gasteiger partial charge in [0.05, 0.1) is 13.5 Å². The first kappa shape index (κ1) is 15.3. The van der Waals surface area contributed by atoms with Gasteiger partial charge in [-0.3, -0.25) is 4.79 Å². The number of hydrogen-bond acceptors (Lipinski definition) is 2. The fourth-order valence-electron chi connectivity index (χ4n) is 1.90. The third kappa shape index (κ3) is 4.46. The lowest BCUT2D eigenvalue weighted by Gasteiger charge is -2.08. The van der Waals surface area contributed by atoms with Crippen LogP contribution < -0.4 is 10.1 Å². The minimum atomic E-state index is -0.388. The Kier molecular flexibility index (Phi) is 5.17. The van der Waals surface area contributed by atoms with Gasteiger partial charge in [0, 0.05) is 17.1 Å². The zero-order valence-corrected chi connectivity index (χ0v) is 12.3. The maximum atomic E-state index is 13.5. The molecule has 110 valence electrons. The molecule has 2 rings (SSSR count). The van der Waals surface area contributed by atoms with Crippen molar-refractivity contribution in [3.63, 3.8) is 0 Å². The maximum absolute atomic E-state index is 13.5. The second-order valence-electron chi connectivity index (χ2n) is 4.54. The molecular formula is C16H15ClFNO2. The first-order valence-corrected chi connectivity index (χ1v) is 6.80. The molecule has 2 aromatic carbocycles. The smallest absolute Gasteiger partial charge is 0.224 e. The molecule has 3 nitrogen and oxygen atoms in total. The van der Waals surface area contributed by atoms with Crippen LogP contribution >= 0.6 is 11.6 Å². The average Bonchev–Trinajstić information content (AvgIpc) is 2.48. The van der Waals surface area contributed by atoms with Crippen molar-refractivity contribution in [3.8, 4) is 5.75 Å². The van der Waals surface area contributed by atoms with Gasteiger partial charge in [0.2, 0.25) is 5.91 Å². The second kappa shape index (κ2) is 7.09. The Labute approximate surface area is 127 Å². The van der Waals surface area contributed by atoms with Crippen LogP contribution in [0.5, 0.6) is 5.75 Å². The molecule has 0 aliphatic rings. The van der Waals surface area contributed by atoms with E-state index in [2.05, 4.69) is 5.32 Å². The van der Waals surface area contributed by atoms with Gasteiger partial charge in [0.1, 0.15) is 11.6 Å². The van der Waals surface area contributed by atoms with Crippen molar-refractivity contribution in [3.05, 3.63) is 64.4 Å². The number of carbonyl (C=O) groups excluding carboxylic acids is 1. The first-order valence-electron chi connectivity index (χ1n) is 6.42. The van der Waals surface area contributed by atoms with Crippen LogP contribution in [-0.2, 0) is 17.8 Å². The largest absolute Gasteiger partial charge is 0.497 e. The van der Waals surface area contributed by atoms with Gasteiger partial charge in [0.15, 0.2) is 0 Å². The van der Waals surface area contributed by atoms with E-state index in [-0.39, 0.29) is 24.7 Å². The highest BCUT2D eigenvalue weighted by atomic mass is 35.5. The third-order valence-electron chi connectivity index (χ3n) is 2.98. The number of methoxy groups -OCH3 is 1.